The summed E-state index contributed by atoms with van der Waals surface area (Å²) < 4.78 is 78.6. The van der Waals surface area contributed by atoms with Crippen LogP contribution < -0.4 is 14.2 Å². The van der Waals surface area contributed by atoms with E-state index in [1.807, 2.05) is 19.9 Å². The summed E-state index contributed by atoms with van der Waals surface area (Å²) in [7, 11) is -8.81. The Morgan fingerprint density at radius 3 is 2.51 bits per heavy atom. The summed E-state index contributed by atoms with van der Waals surface area (Å²) in [5, 5.41) is 0.351. The largest absolute Gasteiger partial charge is 0.439 e. The van der Waals surface area contributed by atoms with Crippen molar-refractivity contribution in [3.63, 3.8) is 0 Å². The zero-order valence-electron chi connectivity index (χ0n) is 18.7. The molecule has 0 saturated carbocycles. The molecular weight excluding hydrogens is 520 g/mol. The molecule has 0 atom stereocenters. The number of aromatic nitrogens is 1. The van der Waals surface area contributed by atoms with E-state index in [0.717, 1.165) is 5.56 Å². The molecule has 0 unspecified atom stereocenters. The normalized spacial score (nSPS) is 15.6. The van der Waals surface area contributed by atoms with E-state index in [2.05, 4.69) is 0 Å². The van der Waals surface area contributed by atoms with Gasteiger partial charge in [0, 0.05) is 17.2 Å². The van der Waals surface area contributed by atoms with Gasteiger partial charge in [-0.3, -0.25) is 14.0 Å². The number of allylic oxidation sites excluding steroid dienone is 2. The van der Waals surface area contributed by atoms with Gasteiger partial charge in [0.1, 0.15) is 0 Å². The second-order valence-electron chi connectivity index (χ2n) is 7.96. The van der Waals surface area contributed by atoms with Crippen LogP contribution in [0.25, 0.3) is 17.2 Å². The third kappa shape index (κ3) is 5.85. The first-order valence-corrected chi connectivity index (χ1v) is 13.9. The van der Waals surface area contributed by atoms with E-state index in [-0.39, 0.29) is 11.8 Å². The van der Waals surface area contributed by atoms with Crippen molar-refractivity contribution in [3.05, 3.63) is 70.4 Å². The number of hydrogen-bond acceptors (Lipinski definition) is 7. The van der Waals surface area contributed by atoms with E-state index in [0.29, 0.717) is 39.6 Å². The molecule has 35 heavy (non-hydrogen) atoms. The molecule has 1 aliphatic heterocycles. The molecule has 186 valence electrons. The lowest BCUT2D eigenvalue weighted by atomic mass is 10.2. The van der Waals surface area contributed by atoms with Crippen LogP contribution in [0.3, 0.4) is 0 Å². The average Bonchev–Trinajstić information content (AvgIpc) is 3.23. The number of rotatable bonds is 7. The lowest BCUT2D eigenvalue weighted by molar-refractivity contribution is -0.658. The van der Waals surface area contributed by atoms with Crippen molar-refractivity contribution in [3.8, 4) is 5.75 Å². The van der Waals surface area contributed by atoms with E-state index in [1.165, 1.54) is 15.5 Å². The van der Waals surface area contributed by atoms with Gasteiger partial charge < -0.3 is 9.15 Å². The predicted octanol–water partition coefficient (Wildman–Crippen LogP) is 3.91. The number of ether oxygens (including phenoxy) is 1. The average molecular weight is 542 g/mol. The predicted molar refractivity (Wildman–Crippen MR) is 130 cm³/mol. The van der Waals surface area contributed by atoms with Crippen molar-refractivity contribution >= 4 is 54.7 Å². The van der Waals surface area contributed by atoms with Crippen LogP contribution in [0, 0.1) is 6.92 Å². The van der Waals surface area contributed by atoms with E-state index in [9.17, 15) is 25.9 Å². The minimum absolute atomic E-state index is 0.112. The van der Waals surface area contributed by atoms with Crippen LogP contribution in [0.1, 0.15) is 24.8 Å². The Morgan fingerprint density at radius 2 is 1.86 bits per heavy atom. The van der Waals surface area contributed by atoms with Crippen molar-refractivity contribution in [2.24, 2.45) is 0 Å². The summed E-state index contributed by atoms with van der Waals surface area (Å²) in [6.07, 6.45) is 3.54. The van der Waals surface area contributed by atoms with E-state index in [4.69, 9.17) is 20.8 Å². The highest BCUT2D eigenvalue weighted by atomic mass is 35.5. The van der Waals surface area contributed by atoms with Gasteiger partial charge in [0.15, 0.2) is 11.6 Å². The van der Waals surface area contributed by atoms with Gasteiger partial charge in [-0.25, -0.2) is 0 Å². The molecule has 2 heterocycles. The standard InChI is InChI=1S/C22H21ClN2O8S2/c1-3-15(9-21-24(12-34(26,27)28)17-8-14(2)4-6-19(17)32-21)10-22-25(13-35(29,30)31)18-11-16(23)5-7-20(18)33-22/h4-11H,3,12-13H2,1-2H3,(H-,26,27,28,29,30,31)/p+1. The number of anilines is 1. The zero-order valence-corrected chi connectivity index (χ0v) is 21.1. The maximum atomic E-state index is 11.7. The smallest absolute Gasteiger partial charge is 0.375 e. The van der Waals surface area contributed by atoms with Crippen LogP contribution in [0.15, 0.2) is 58.3 Å². The van der Waals surface area contributed by atoms with Gasteiger partial charge in [-0.15, -0.1) is 4.57 Å². The molecule has 2 N–H and O–H groups in total. The number of aryl methyl sites for hydroxylation is 1. The summed E-state index contributed by atoms with van der Waals surface area (Å²) in [6, 6.07) is 9.91. The first-order chi connectivity index (χ1) is 16.3. The van der Waals surface area contributed by atoms with Crippen LogP contribution in [0.4, 0.5) is 5.69 Å². The van der Waals surface area contributed by atoms with Crippen LogP contribution in [-0.2, 0) is 26.1 Å². The number of fused-ring (bicyclic) bond motifs is 2. The van der Waals surface area contributed by atoms with Crippen LogP contribution in [-0.4, -0.2) is 31.8 Å². The van der Waals surface area contributed by atoms with Gasteiger partial charge in [-0.2, -0.15) is 16.8 Å². The summed E-state index contributed by atoms with van der Waals surface area (Å²) in [6.45, 7) is 3.67. The maximum Gasteiger partial charge on any atom is 0.375 e. The third-order valence-corrected chi connectivity index (χ3v) is 6.59. The Bertz CT molecular complexity index is 1590. The molecule has 0 spiro atoms. The molecule has 0 radical (unpaired) electrons. The summed E-state index contributed by atoms with van der Waals surface area (Å²) in [5.41, 5.74) is 2.63. The van der Waals surface area contributed by atoms with Crippen molar-refractivity contribution in [2.45, 2.75) is 26.1 Å². The number of benzene rings is 2. The maximum absolute atomic E-state index is 11.7. The van der Waals surface area contributed by atoms with Crippen molar-refractivity contribution in [2.75, 3.05) is 10.8 Å². The lowest BCUT2D eigenvalue weighted by Crippen LogP contribution is -2.39. The first kappa shape index (κ1) is 25.2. The zero-order chi connectivity index (χ0) is 25.5. The Hall–Kier alpha value is -2.90. The van der Waals surface area contributed by atoms with E-state index < -0.39 is 32.0 Å². The number of halogens is 1. The molecule has 1 aliphatic rings. The van der Waals surface area contributed by atoms with E-state index >= 15 is 0 Å². The molecule has 0 amide bonds. The molecule has 3 aromatic rings. The SMILES string of the molecule is CCC(=Cc1oc2ccc(Cl)cc2[n+]1CS(=O)(=O)O)C=C1Oc2ccc(C)cc2N1CS(=O)(=O)O. The van der Waals surface area contributed by atoms with Gasteiger partial charge in [0.05, 0.1) is 11.8 Å². The van der Waals surface area contributed by atoms with Crippen molar-refractivity contribution in [1.82, 2.24) is 0 Å². The lowest BCUT2D eigenvalue weighted by Gasteiger charge is -2.16. The molecule has 10 nitrogen and oxygen atoms in total. The Balaban J connectivity index is 1.83. The first-order valence-electron chi connectivity index (χ1n) is 10.3. The van der Waals surface area contributed by atoms with Gasteiger partial charge in [-0.05, 0) is 48.7 Å². The van der Waals surface area contributed by atoms with E-state index in [1.54, 1.807) is 36.4 Å². The molecule has 4 rings (SSSR count). The fraction of sp³-hybridized carbons (Fsp3) is 0.227. The highest BCUT2D eigenvalue weighted by Crippen LogP contribution is 2.40. The Morgan fingerprint density at radius 1 is 1.11 bits per heavy atom. The molecule has 0 saturated heterocycles. The van der Waals surface area contributed by atoms with Crippen LogP contribution in [0.2, 0.25) is 5.02 Å². The molecule has 0 bridgehead atoms. The molecule has 2 aromatic carbocycles. The summed E-state index contributed by atoms with van der Waals surface area (Å²) in [4.78, 5) is 1.33. The van der Waals surface area contributed by atoms with Gasteiger partial charge in [0.25, 0.3) is 21.5 Å². The third-order valence-electron chi connectivity index (χ3n) is 5.19. The Labute approximate surface area is 207 Å². The quantitative estimate of drug-likeness (QED) is 0.336. The molecule has 0 fully saturated rings. The van der Waals surface area contributed by atoms with Crippen molar-refractivity contribution < 1.29 is 39.7 Å². The van der Waals surface area contributed by atoms with Gasteiger partial charge in [-0.1, -0.05) is 24.6 Å². The molecule has 1 aromatic heterocycles. The molecule has 13 heteroatoms. The summed E-state index contributed by atoms with van der Waals surface area (Å²) >= 11 is 6.06. The fourth-order valence-electron chi connectivity index (χ4n) is 3.66. The minimum Gasteiger partial charge on any atom is -0.439 e. The van der Waals surface area contributed by atoms with Gasteiger partial charge in [0.2, 0.25) is 11.5 Å². The van der Waals surface area contributed by atoms with Crippen LogP contribution in [0.5, 0.6) is 5.75 Å². The minimum atomic E-state index is -4.42. The fourth-order valence-corrected chi connectivity index (χ4v) is 5.01. The Kier molecular flexibility index (Phi) is 6.68. The van der Waals surface area contributed by atoms with Crippen molar-refractivity contribution in [1.29, 1.82) is 0 Å². The molecular formula is C22H22ClN2O8S2+. The summed E-state index contributed by atoms with van der Waals surface area (Å²) in [5.74, 6) is -0.813. The second-order valence-corrected chi connectivity index (χ2v) is 11.2. The van der Waals surface area contributed by atoms with Crippen LogP contribution >= 0.6 is 11.6 Å². The second kappa shape index (κ2) is 9.28. The highest BCUT2D eigenvalue weighted by Gasteiger charge is 2.31. The molecule has 0 aliphatic carbocycles. The number of nitrogens with zero attached hydrogens (tertiary/aromatic N) is 2. The highest BCUT2D eigenvalue weighted by molar-refractivity contribution is 7.85. The number of hydrogen-bond donors (Lipinski definition) is 2. The monoisotopic (exact) mass is 541 g/mol. The number of oxazole rings is 1. The van der Waals surface area contributed by atoms with Gasteiger partial charge >= 0.3 is 16.0 Å². The topological polar surface area (TPSA) is 138 Å².